The molecule has 0 radical (unpaired) electrons. The molecule has 1 aliphatic rings. The van der Waals surface area contributed by atoms with Crippen LogP contribution in [-0.4, -0.2) is 48.8 Å². The van der Waals surface area contributed by atoms with Gasteiger partial charge in [0.05, 0.1) is 12.3 Å². The molecule has 0 spiro atoms. The summed E-state index contributed by atoms with van der Waals surface area (Å²) in [5, 5.41) is 12.4. The Balaban J connectivity index is 2.48. The van der Waals surface area contributed by atoms with Gasteiger partial charge in [0.25, 0.3) is 0 Å². The van der Waals surface area contributed by atoms with Crippen molar-refractivity contribution < 1.29 is 19.6 Å². The van der Waals surface area contributed by atoms with Gasteiger partial charge in [-0.25, -0.2) is 10.1 Å². The molecule has 35 heavy (non-hydrogen) atoms. The molecule has 0 aromatic carbocycles. The third-order valence-electron chi connectivity index (χ3n) is 6.27. The van der Waals surface area contributed by atoms with Crippen molar-refractivity contribution in [2.75, 3.05) is 19.8 Å². The average Bonchev–Trinajstić information content (AvgIpc) is 2.82. The van der Waals surface area contributed by atoms with E-state index in [0.29, 0.717) is 37.5 Å². The van der Waals surface area contributed by atoms with Crippen LogP contribution in [0.4, 0.5) is 0 Å². The van der Waals surface area contributed by atoms with Gasteiger partial charge < -0.3 is 21.3 Å². The molecule has 0 amide bonds. The lowest BCUT2D eigenvalue weighted by atomic mass is 9.95. The number of hydrogen-bond donors (Lipinski definition) is 6. The molecule has 0 fully saturated rings. The summed E-state index contributed by atoms with van der Waals surface area (Å²) in [4.78, 5) is 20.3. The van der Waals surface area contributed by atoms with Crippen molar-refractivity contribution in [3.05, 3.63) is 11.3 Å². The Labute approximate surface area is 212 Å². The van der Waals surface area contributed by atoms with E-state index in [-0.39, 0.29) is 24.6 Å². The Hall–Kier alpha value is -2.29. The molecule has 9 nitrogen and oxygen atoms in total. The Morgan fingerprint density at radius 3 is 2.26 bits per heavy atom. The van der Waals surface area contributed by atoms with E-state index in [1.807, 2.05) is 0 Å². The first-order valence-corrected chi connectivity index (χ1v) is 13.7. The molecule has 202 valence electrons. The van der Waals surface area contributed by atoms with Crippen molar-refractivity contribution in [1.82, 2.24) is 5.32 Å². The van der Waals surface area contributed by atoms with Crippen LogP contribution in [0.2, 0.25) is 0 Å². The summed E-state index contributed by atoms with van der Waals surface area (Å²) in [6.45, 7) is 3.38. The minimum Gasteiger partial charge on any atom is -0.462 e. The van der Waals surface area contributed by atoms with E-state index >= 15 is 0 Å². The number of ether oxygens (including phenoxy) is 1. The van der Waals surface area contributed by atoms with Crippen molar-refractivity contribution >= 4 is 17.9 Å². The van der Waals surface area contributed by atoms with Gasteiger partial charge in [-0.3, -0.25) is 15.7 Å². The third kappa shape index (κ3) is 14.7. The zero-order chi connectivity index (χ0) is 25.7. The number of nitrogens with zero attached hydrogens (tertiary/aromatic N) is 1. The molecule has 0 saturated carbocycles. The normalized spacial score (nSPS) is 15.5. The van der Waals surface area contributed by atoms with E-state index in [4.69, 9.17) is 21.9 Å². The van der Waals surface area contributed by atoms with Crippen LogP contribution in [0, 0.1) is 0 Å². The van der Waals surface area contributed by atoms with Crippen LogP contribution in [0.15, 0.2) is 16.3 Å². The van der Waals surface area contributed by atoms with Crippen LogP contribution in [0.25, 0.3) is 0 Å². The highest BCUT2D eigenvalue weighted by Crippen LogP contribution is 2.19. The number of nitrogens with one attached hydrogen (secondary N) is 2. The van der Waals surface area contributed by atoms with Gasteiger partial charge in [0.1, 0.15) is 11.6 Å². The fourth-order valence-corrected chi connectivity index (χ4v) is 4.35. The summed E-state index contributed by atoms with van der Waals surface area (Å²) in [6, 6.07) is -0.154. The molecule has 0 saturated heterocycles. The number of guanidine groups is 2. The summed E-state index contributed by atoms with van der Waals surface area (Å²) >= 11 is 0. The SMILES string of the molecule is CCCCCCCCC[C@@H]1[NH+]=C(N)NC(CCCO)=C1C(=O)OCCCCCCCCN=C(N)N. The molecule has 0 unspecified atom stereocenters. The van der Waals surface area contributed by atoms with Gasteiger partial charge in [-0.1, -0.05) is 71.1 Å². The molecule has 0 aromatic heterocycles. The molecule has 0 bridgehead atoms. The minimum absolute atomic E-state index is 0.0647. The first kappa shape index (κ1) is 30.7. The molecular weight excluding hydrogens is 444 g/mol. The summed E-state index contributed by atoms with van der Waals surface area (Å²) in [7, 11) is 0. The highest BCUT2D eigenvalue weighted by Gasteiger charge is 2.32. The van der Waals surface area contributed by atoms with Crippen molar-refractivity contribution in [3.8, 4) is 0 Å². The Kier molecular flexibility index (Phi) is 17.5. The number of unbranched alkanes of at least 4 members (excludes halogenated alkanes) is 11. The van der Waals surface area contributed by atoms with Crippen LogP contribution in [-0.2, 0) is 9.53 Å². The fourth-order valence-electron chi connectivity index (χ4n) is 4.35. The predicted octanol–water partition coefficient (Wildman–Crippen LogP) is 1.68. The molecule has 9 N–H and O–H groups in total. The minimum atomic E-state index is -0.282. The van der Waals surface area contributed by atoms with Gasteiger partial charge in [-0.15, -0.1) is 0 Å². The van der Waals surface area contributed by atoms with Crippen LogP contribution >= 0.6 is 0 Å². The van der Waals surface area contributed by atoms with Crippen LogP contribution in [0.1, 0.15) is 110 Å². The number of hydrogen-bond acceptors (Lipinski definition) is 6. The molecule has 0 aliphatic carbocycles. The van der Waals surface area contributed by atoms with Crippen molar-refractivity contribution in [3.63, 3.8) is 0 Å². The standard InChI is InChI=1S/C26H50N6O3/c1-2-3-4-5-6-9-12-16-21-23(22(17-15-19-33)32-26(29)31-21)24(34)35-20-14-11-8-7-10-13-18-30-25(27)28/h21,33H,2-20H2,1H3,(H4,27,28,30)(H3,29,31,32)/p+1/t21-/m0/s1. The van der Waals surface area contributed by atoms with Crippen molar-refractivity contribution in [2.45, 2.75) is 116 Å². The van der Waals surface area contributed by atoms with E-state index in [1.165, 1.54) is 32.1 Å². The zero-order valence-corrected chi connectivity index (χ0v) is 22.0. The first-order chi connectivity index (χ1) is 17.0. The number of allylic oxidation sites excluding steroid dienone is 1. The van der Waals surface area contributed by atoms with E-state index < -0.39 is 0 Å². The second kappa shape index (κ2) is 20.0. The zero-order valence-electron chi connectivity index (χ0n) is 22.0. The van der Waals surface area contributed by atoms with Gasteiger partial charge in [0, 0.05) is 19.6 Å². The maximum atomic E-state index is 13.1. The Morgan fingerprint density at radius 1 is 0.971 bits per heavy atom. The topological polar surface area (TPSA) is 163 Å². The largest absolute Gasteiger partial charge is 0.462 e. The molecule has 0 aromatic rings. The van der Waals surface area contributed by atoms with Gasteiger partial charge >= 0.3 is 11.9 Å². The molecule has 9 heteroatoms. The maximum Gasteiger partial charge on any atom is 0.346 e. The smallest absolute Gasteiger partial charge is 0.346 e. The van der Waals surface area contributed by atoms with E-state index in [1.54, 1.807) is 0 Å². The van der Waals surface area contributed by atoms with Crippen LogP contribution in [0.5, 0.6) is 0 Å². The van der Waals surface area contributed by atoms with Gasteiger partial charge in [-0.2, -0.15) is 0 Å². The summed E-state index contributed by atoms with van der Waals surface area (Å²) < 4.78 is 5.67. The molecule has 1 atom stereocenters. The fraction of sp³-hybridized carbons (Fsp3) is 0.808. The van der Waals surface area contributed by atoms with Crippen molar-refractivity contribution in [2.24, 2.45) is 22.2 Å². The Morgan fingerprint density at radius 2 is 1.60 bits per heavy atom. The highest BCUT2D eigenvalue weighted by molar-refractivity contribution is 5.92. The van der Waals surface area contributed by atoms with E-state index in [0.717, 1.165) is 63.5 Å². The van der Waals surface area contributed by atoms with Crippen LogP contribution in [0.3, 0.4) is 0 Å². The lowest BCUT2D eigenvalue weighted by Crippen LogP contribution is -2.87. The number of carbonyl (C=O) groups excluding carboxylic acids is 1. The second-order valence-electron chi connectivity index (χ2n) is 9.43. The van der Waals surface area contributed by atoms with Gasteiger partial charge in [0.15, 0.2) is 5.96 Å². The highest BCUT2D eigenvalue weighted by atomic mass is 16.5. The Bertz CT molecular complexity index is 674. The second-order valence-corrected chi connectivity index (χ2v) is 9.43. The number of aliphatic imine (C=N–C) groups is 1. The predicted molar refractivity (Wildman–Crippen MR) is 142 cm³/mol. The monoisotopic (exact) mass is 495 g/mol. The number of carbonyl (C=O) groups is 1. The number of esters is 1. The molecular formula is C26H51N6O3+. The number of nitrogens with two attached hydrogens (primary N) is 3. The van der Waals surface area contributed by atoms with Crippen molar-refractivity contribution in [1.29, 1.82) is 0 Å². The maximum absolute atomic E-state index is 13.1. The average molecular weight is 496 g/mol. The lowest BCUT2D eigenvalue weighted by Gasteiger charge is -2.22. The summed E-state index contributed by atoms with van der Waals surface area (Å²) in [5.41, 5.74) is 18.1. The summed E-state index contributed by atoms with van der Waals surface area (Å²) in [6.07, 6.45) is 16.6. The summed E-state index contributed by atoms with van der Waals surface area (Å²) in [5.74, 6) is 0.327. The quantitative estimate of drug-likeness (QED) is 0.0610. The lowest BCUT2D eigenvalue weighted by molar-refractivity contribution is -0.497. The number of aliphatic hydroxyl groups excluding tert-OH is 1. The molecule has 1 aliphatic heterocycles. The van der Waals surface area contributed by atoms with Gasteiger partial charge in [-0.05, 0) is 32.1 Å². The number of rotatable bonds is 21. The van der Waals surface area contributed by atoms with E-state index in [9.17, 15) is 9.90 Å². The molecule has 1 heterocycles. The van der Waals surface area contributed by atoms with Gasteiger partial charge in [0.2, 0.25) is 0 Å². The van der Waals surface area contributed by atoms with Crippen LogP contribution < -0.4 is 27.5 Å². The number of aliphatic hydroxyl groups is 1. The third-order valence-corrected chi connectivity index (χ3v) is 6.27. The molecule has 1 rings (SSSR count). The van der Waals surface area contributed by atoms with E-state index in [2.05, 4.69) is 22.2 Å². The first-order valence-electron chi connectivity index (χ1n) is 13.7.